The van der Waals surface area contributed by atoms with Crippen molar-refractivity contribution in [2.24, 2.45) is 11.3 Å². The molecule has 1 aromatic rings. The molecule has 0 saturated carbocycles. The molecular weight excluding hydrogens is 280 g/mol. The molecule has 5 nitrogen and oxygen atoms in total. The van der Waals surface area contributed by atoms with Crippen LogP contribution in [0.15, 0.2) is 0 Å². The predicted octanol–water partition coefficient (Wildman–Crippen LogP) is 2.61. The van der Waals surface area contributed by atoms with E-state index in [4.69, 9.17) is 0 Å². The van der Waals surface area contributed by atoms with Crippen LogP contribution in [0.1, 0.15) is 66.7 Å². The summed E-state index contributed by atoms with van der Waals surface area (Å²) in [4.78, 5) is 27.0. The van der Waals surface area contributed by atoms with Crippen molar-refractivity contribution in [3.63, 3.8) is 0 Å². The molecular formula is C17H28N2O3. The van der Waals surface area contributed by atoms with E-state index in [2.05, 4.69) is 10.3 Å². The number of aromatic amines is 1. The number of aliphatic hydroxyl groups is 1. The fourth-order valence-electron chi connectivity index (χ4n) is 2.91. The largest absolute Gasteiger partial charge is 0.392 e. The van der Waals surface area contributed by atoms with Crippen molar-refractivity contribution in [3.8, 4) is 0 Å². The predicted molar refractivity (Wildman–Crippen MR) is 87.2 cm³/mol. The Morgan fingerprint density at radius 3 is 2.23 bits per heavy atom. The van der Waals surface area contributed by atoms with Crippen LogP contribution in [0.5, 0.6) is 0 Å². The SMILES string of the molecule is CC(=O)c1c(C)[nH]c(C(=O)NCC(C)(C)C(O)C(C)C)c1C. The first-order valence-corrected chi connectivity index (χ1v) is 7.65. The lowest BCUT2D eigenvalue weighted by Gasteiger charge is -2.33. The second-order valence-corrected chi connectivity index (χ2v) is 7.04. The van der Waals surface area contributed by atoms with Crippen molar-refractivity contribution < 1.29 is 14.7 Å². The molecule has 0 aliphatic carbocycles. The first-order valence-electron chi connectivity index (χ1n) is 7.65. The fourth-order valence-corrected chi connectivity index (χ4v) is 2.91. The van der Waals surface area contributed by atoms with Crippen molar-refractivity contribution in [3.05, 3.63) is 22.5 Å². The van der Waals surface area contributed by atoms with E-state index in [9.17, 15) is 14.7 Å². The van der Waals surface area contributed by atoms with Crippen LogP contribution in [0.25, 0.3) is 0 Å². The topological polar surface area (TPSA) is 82.2 Å². The van der Waals surface area contributed by atoms with Gasteiger partial charge in [0.25, 0.3) is 5.91 Å². The zero-order chi connectivity index (χ0) is 17.2. The summed E-state index contributed by atoms with van der Waals surface area (Å²) in [6.45, 7) is 13.1. The first kappa shape index (κ1) is 18.4. The second kappa shape index (κ2) is 6.65. The Kier molecular flexibility index (Phi) is 5.57. The molecule has 0 bridgehead atoms. The highest BCUT2D eigenvalue weighted by molar-refractivity contribution is 6.02. The zero-order valence-electron chi connectivity index (χ0n) is 14.6. The van der Waals surface area contributed by atoms with Crippen molar-refractivity contribution in [1.82, 2.24) is 10.3 Å². The Balaban J connectivity index is 2.87. The van der Waals surface area contributed by atoms with Gasteiger partial charge >= 0.3 is 0 Å². The molecule has 124 valence electrons. The van der Waals surface area contributed by atoms with Crippen molar-refractivity contribution in [1.29, 1.82) is 0 Å². The standard InChI is InChI=1S/C17H28N2O3/c1-9(2)15(21)17(6,7)8-18-16(22)14-10(3)13(12(5)20)11(4)19-14/h9,15,19,21H,8H2,1-7H3,(H,18,22). The van der Waals surface area contributed by atoms with Crippen molar-refractivity contribution in [2.45, 2.75) is 54.6 Å². The maximum atomic E-state index is 12.4. The van der Waals surface area contributed by atoms with Gasteiger partial charge in [-0.25, -0.2) is 0 Å². The van der Waals surface area contributed by atoms with Gasteiger partial charge in [0.05, 0.1) is 6.10 Å². The van der Waals surface area contributed by atoms with Crippen LogP contribution in [0.2, 0.25) is 0 Å². The number of H-pyrrole nitrogens is 1. The summed E-state index contributed by atoms with van der Waals surface area (Å²) in [5.41, 5.74) is 1.94. The third kappa shape index (κ3) is 3.77. The quantitative estimate of drug-likeness (QED) is 0.706. The minimum Gasteiger partial charge on any atom is -0.392 e. The van der Waals surface area contributed by atoms with Gasteiger partial charge in [-0.2, -0.15) is 0 Å². The van der Waals surface area contributed by atoms with Gasteiger partial charge in [-0.1, -0.05) is 27.7 Å². The number of hydrogen-bond acceptors (Lipinski definition) is 3. The number of carbonyl (C=O) groups is 2. The van der Waals surface area contributed by atoms with E-state index in [1.54, 1.807) is 13.8 Å². The van der Waals surface area contributed by atoms with E-state index in [0.29, 0.717) is 29.1 Å². The summed E-state index contributed by atoms with van der Waals surface area (Å²) in [5, 5.41) is 13.1. The van der Waals surface area contributed by atoms with Crippen LogP contribution in [0.3, 0.4) is 0 Å². The summed E-state index contributed by atoms with van der Waals surface area (Å²) >= 11 is 0. The summed E-state index contributed by atoms with van der Waals surface area (Å²) < 4.78 is 0. The van der Waals surface area contributed by atoms with Gasteiger partial charge < -0.3 is 15.4 Å². The average molecular weight is 308 g/mol. The summed E-state index contributed by atoms with van der Waals surface area (Å²) in [6.07, 6.45) is -0.507. The number of aliphatic hydroxyl groups excluding tert-OH is 1. The lowest BCUT2D eigenvalue weighted by molar-refractivity contribution is 0.0138. The van der Waals surface area contributed by atoms with Gasteiger partial charge in [0.1, 0.15) is 5.69 Å². The molecule has 0 saturated heterocycles. The molecule has 1 atom stereocenters. The Morgan fingerprint density at radius 1 is 1.27 bits per heavy atom. The van der Waals surface area contributed by atoms with Crippen LogP contribution in [-0.4, -0.2) is 34.4 Å². The van der Waals surface area contributed by atoms with E-state index in [0.717, 1.165) is 0 Å². The number of nitrogens with one attached hydrogen (secondary N) is 2. The zero-order valence-corrected chi connectivity index (χ0v) is 14.6. The molecule has 1 rings (SSSR count). The lowest BCUT2D eigenvalue weighted by atomic mass is 9.80. The Bertz CT molecular complexity index is 571. The molecule has 1 amide bonds. The minimum absolute atomic E-state index is 0.0548. The van der Waals surface area contributed by atoms with Crippen molar-refractivity contribution in [2.75, 3.05) is 6.54 Å². The average Bonchev–Trinajstić information content (AvgIpc) is 2.70. The molecule has 5 heteroatoms. The van der Waals surface area contributed by atoms with E-state index in [1.807, 2.05) is 27.7 Å². The van der Waals surface area contributed by atoms with E-state index in [1.165, 1.54) is 6.92 Å². The van der Waals surface area contributed by atoms with Crippen LogP contribution in [0, 0.1) is 25.2 Å². The number of hydrogen-bond donors (Lipinski definition) is 3. The maximum Gasteiger partial charge on any atom is 0.268 e. The fraction of sp³-hybridized carbons (Fsp3) is 0.647. The molecule has 0 spiro atoms. The highest BCUT2D eigenvalue weighted by Crippen LogP contribution is 2.25. The van der Waals surface area contributed by atoms with Crippen LogP contribution < -0.4 is 5.32 Å². The molecule has 1 heterocycles. The molecule has 3 N–H and O–H groups in total. The maximum absolute atomic E-state index is 12.4. The van der Waals surface area contributed by atoms with Gasteiger partial charge in [0.15, 0.2) is 5.78 Å². The normalized spacial score (nSPS) is 13.3. The molecule has 22 heavy (non-hydrogen) atoms. The lowest BCUT2D eigenvalue weighted by Crippen LogP contribution is -2.43. The van der Waals surface area contributed by atoms with Gasteiger partial charge in [0.2, 0.25) is 0 Å². The summed E-state index contributed by atoms with van der Waals surface area (Å²) in [7, 11) is 0. The Labute approximate surface area is 132 Å². The number of carbonyl (C=O) groups excluding carboxylic acids is 2. The van der Waals surface area contributed by atoms with Gasteiger partial charge in [-0.15, -0.1) is 0 Å². The van der Waals surface area contributed by atoms with Gasteiger partial charge in [0, 0.05) is 23.2 Å². The molecule has 0 aliphatic heterocycles. The van der Waals surface area contributed by atoms with Crippen LogP contribution in [-0.2, 0) is 0 Å². The third-order valence-corrected chi connectivity index (χ3v) is 4.15. The molecule has 1 unspecified atom stereocenters. The molecule has 0 fully saturated rings. The number of Topliss-reactive ketones (excluding diaryl/α,β-unsaturated/α-hetero) is 1. The number of aromatic nitrogens is 1. The van der Waals surface area contributed by atoms with E-state index >= 15 is 0 Å². The first-order chi connectivity index (χ1) is 9.99. The van der Waals surface area contributed by atoms with Gasteiger partial charge in [-0.05, 0) is 32.3 Å². The molecule has 1 aromatic heterocycles. The Hall–Kier alpha value is -1.62. The third-order valence-electron chi connectivity index (χ3n) is 4.15. The highest BCUT2D eigenvalue weighted by atomic mass is 16.3. The van der Waals surface area contributed by atoms with E-state index in [-0.39, 0.29) is 17.6 Å². The van der Waals surface area contributed by atoms with Gasteiger partial charge in [-0.3, -0.25) is 9.59 Å². The minimum atomic E-state index is -0.507. The number of amides is 1. The van der Waals surface area contributed by atoms with E-state index < -0.39 is 11.5 Å². The molecule has 0 aromatic carbocycles. The highest BCUT2D eigenvalue weighted by Gasteiger charge is 2.31. The molecule has 0 radical (unpaired) electrons. The number of ketones is 1. The summed E-state index contributed by atoms with van der Waals surface area (Å²) in [5.74, 6) is -0.191. The number of rotatable bonds is 6. The summed E-state index contributed by atoms with van der Waals surface area (Å²) in [6, 6.07) is 0. The monoisotopic (exact) mass is 308 g/mol. The second-order valence-electron chi connectivity index (χ2n) is 7.04. The number of aryl methyl sites for hydroxylation is 1. The molecule has 0 aliphatic rings. The van der Waals surface area contributed by atoms with Crippen molar-refractivity contribution >= 4 is 11.7 Å². The smallest absolute Gasteiger partial charge is 0.268 e. The Morgan fingerprint density at radius 2 is 1.82 bits per heavy atom. The van der Waals surface area contributed by atoms with Crippen LogP contribution in [0.4, 0.5) is 0 Å². The van der Waals surface area contributed by atoms with Crippen LogP contribution >= 0.6 is 0 Å².